The summed E-state index contributed by atoms with van der Waals surface area (Å²) in [5.74, 6) is 1.53. The van der Waals surface area contributed by atoms with Gasteiger partial charge in [0.15, 0.2) is 0 Å². The molecular weight excluding hydrogens is 222 g/mol. The lowest BCUT2D eigenvalue weighted by Crippen LogP contribution is -2.30. The van der Waals surface area contributed by atoms with Crippen LogP contribution in [0.4, 0.5) is 0 Å². The zero-order chi connectivity index (χ0) is 11.7. The van der Waals surface area contributed by atoms with E-state index in [0.717, 1.165) is 29.2 Å². The third-order valence-electron chi connectivity index (χ3n) is 2.92. The van der Waals surface area contributed by atoms with E-state index in [-0.39, 0.29) is 12.1 Å². The number of fused-ring (bicyclic) bond motifs is 1. The molecule has 3 heteroatoms. The van der Waals surface area contributed by atoms with Crippen LogP contribution >= 0.6 is 11.6 Å². The van der Waals surface area contributed by atoms with Crippen molar-refractivity contribution >= 4 is 11.6 Å². The number of benzene rings is 1. The second kappa shape index (κ2) is 4.64. The summed E-state index contributed by atoms with van der Waals surface area (Å²) in [6.07, 6.45) is 2.17. The van der Waals surface area contributed by atoms with Crippen LogP contribution in [0.5, 0.6) is 5.75 Å². The summed E-state index contributed by atoms with van der Waals surface area (Å²) >= 11 is 5.95. The lowest BCUT2D eigenvalue weighted by atomic mass is 9.93. The van der Waals surface area contributed by atoms with Gasteiger partial charge in [-0.15, -0.1) is 0 Å². The molecule has 0 bridgehead atoms. The molecule has 2 rings (SSSR count). The van der Waals surface area contributed by atoms with Gasteiger partial charge in [0.05, 0.1) is 0 Å². The largest absolute Gasteiger partial charge is 0.490 e. The van der Waals surface area contributed by atoms with Gasteiger partial charge in [-0.2, -0.15) is 0 Å². The lowest BCUT2D eigenvalue weighted by Gasteiger charge is -2.31. The highest BCUT2D eigenvalue weighted by atomic mass is 35.5. The van der Waals surface area contributed by atoms with Crippen molar-refractivity contribution < 1.29 is 4.74 Å². The molecule has 0 saturated heterocycles. The molecule has 0 amide bonds. The molecule has 0 radical (unpaired) electrons. The van der Waals surface area contributed by atoms with E-state index in [1.807, 2.05) is 18.2 Å². The molecular formula is C13H18ClNO. The van der Waals surface area contributed by atoms with Gasteiger partial charge in [-0.25, -0.2) is 0 Å². The first-order valence-corrected chi connectivity index (χ1v) is 6.15. The maximum absolute atomic E-state index is 6.14. The molecule has 1 heterocycles. The highest BCUT2D eigenvalue weighted by molar-refractivity contribution is 6.30. The molecule has 1 aromatic rings. The molecule has 0 fully saturated rings. The maximum atomic E-state index is 6.14. The van der Waals surface area contributed by atoms with E-state index in [9.17, 15) is 0 Å². The van der Waals surface area contributed by atoms with Gasteiger partial charge in [-0.3, -0.25) is 0 Å². The van der Waals surface area contributed by atoms with Crippen molar-refractivity contribution in [1.82, 2.24) is 0 Å². The van der Waals surface area contributed by atoms with Crippen LogP contribution in [0.15, 0.2) is 18.2 Å². The Morgan fingerprint density at radius 3 is 2.94 bits per heavy atom. The minimum Gasteiger partial charge on any atom is -0.490 e. The summed E-state index contributed by atoms with van der Waals surface area (Å²) < 4.78 is 5.93. The van der Waals surface area contributed by atoms with Crippen molar-refractivity contribution in [2.45, 2.75) is 38.8 Å². The average molecular weight is 240 g/mol. The fourth-order valence-electron chi connectivity index (χ4n) is 2.22. The molecule has 0 aromatic heterocycles. The number of halogens is 1. The van der Waals surface area contributed by atoms with Crippen molar-refractivity contribution in [1.29, 1.82) is 0 Å². The normalized spacial score (nSPS) is 24.1. The van der Waals surface area contributed by atoms with E-state index in [4.69, 9.17) is 22.1 Å². The molecule has 0 aliphatic carbocycles. The average Bonchev–Trinajstić information content (AvgIpc) is 2.18. The molecule has 0 spiro atoms. The number of ether oxygens (including phenoxy) is 1. The smallest absolute Gasteiger partial charge is 0.124 e. The van der Waals surface area contributed by atoms with Crippen LogP contribution in [0.2, 0.25) is 5.02 Å². The number of rotatable bonds is 2. The third-order valence-corrected chi connectivity index (χ3v) is 3.15. The quantitative estimate of drug-likeness (QED) is 0.857. The van der Waals surface area contributed by atoms with Gasteiger partial charge in [-0.1, -0.05) is 25.4 Å². The number of hydrogen-bond donors (Lipinski definition) is 1. The summed E-state index contributed by atoms with van der Waals surface area (Å²) in [7, 11) is 0. The minimum atomic E-state index is 0.0474. The molecule has 1 aliphatic heterocycles. The van der Waals surface area contributed by atoms with Gasteiger partial charge in [0.25, 0.3) is 0 Å². The zero-order valence-corrected chi connectivity index (χ0v) is 10.5. The van der Waals surface area contributed by atoms with E-state index >= 15 is 0 Å². The van der Waals surface area contributed by atoms with Crippen LogP contribution in [-0.4, -0.2) is 6.10 Å². The Kier molecular flexibility index (Phi) is 3.41. The van der Waals surface area contributed by atoms with E-state index in [2.05, 4.69) is 13.8 Å². The predicted molar refractivity (Wildman–Crippen MR) is 66.9 cm³/mol. The Morgan fingerprint density at radius 2 is 2.25 bits per heavy atom. The van der Waals surface area contributed by atoms with Crippen molar-refractivity contribution in [3.8, 4) is 5.75 Å². The Balaban J connectivity index is 2.20. The van der Waals surface area contributed by atoms with Crippen LogP contribution < -0.4 is 10.5 Å². The van der Waals surface area contributed by atoms with Crippen LogP contribution in [0.3, 0.4) is 0 Å². The van der Waals surface area contributed by atoms with Crippen LogP contribution in [-0.2, 0) is 0 Å². The van der Waals surface area contributed by atoms with Gasteiger partial charge in [0.2, 0.25) is 0 Å². The maximum Gasteiger partial charge on any atom is 0.124 e. The first-order chi connectivity index (χ1) is 7.56. The van der Waals surface area contributed by atoms with Crippen molar-refractivity contribution in [3.05, 3.63) is 28.8 Å². The Hall–Kier alpha value is -0.730. The standard InChI is InChI=1S/C13H18ClNO/c1-8(2)5-10-7-12(15)11-6-9(14)3-4-13(11)16-10/h3-4,6,8,10,12H,5,7,15H2,1-2H3/t10?,12-/m1/s1. The second-order valence-corrected chi connectivity index (χ2v) is 5.33. The van der Waals surface area contributed by atoms with Gasteiger partial charge in [0, 0.05) is 23.0 Å². The van der Waals surface area contributed by atoms with Crippen molar-refractivity contribution in [3.63, 3.8) is 0 Å². The Bertz CT molecular complexity index is 378. The monoisotopic (exact) mass is 239 g/mol. The second-order valence-electron chi connectivity index (χ2n) is 4.89. The van der Waals surface area contributed by atoms with Gasteiger partial charge >= 0.3 is 0 Å². The molecule has 1 unspecified atom stereocenters. The van der Waals surface area contributed by atoms with Crippen LogP contribution in [0.1, 0.15) is 38.3 Å². The van der Waals surface area contributed by atoms with Crippen LogP contribution in [0, 0.1) is 5.92 Å². The first kappa shape index (κ1) is 11.7. The topological polar surface area (TPSA) is 35.2 Å². The first-order valence-electron chi connectivity index (χ1n) is 5.78. The summed E-state index contributed by atoms with van der Waals surface area (Å²) in [4.78, 5) is 0. The van der Waals surface area contributed by atoms with Crippen molar-refractivity contribution in [2.24, 2.45) is 11.7 Å². The number of hydrogen-bond acceptors (Lipinski definition) is 2. The molecule has 2 nitrogen and oxygen atoms in total. The van der Waals surface area contributed by atoms with E-state index in [1.165, 1.54) is 0 Å². The Morgan fingerprint density at radius 1 is 1.50 bits per heavy atom. The SMILES string of the molecule is CC(C)CC1C[C@@H](N)c2cc(Cl)ccc2O1. The van der Waals surface area contributed by atoms with E-state index in [0.29, 0.717) is 5.92 Å². The van der Waals surface area contributed by atoms with E-state index in [1.54, 1.807) is 0 Å². The highest BCUT2D eigenvalue weighted by Gasteiger charge is 2.26. The molecule has 1 aliphatic rings. The van der Waals surface area contributed by atoms with Gasteiger partial charge in [0.1, 0.15) is 11.9 Å². The van der Waals surface area contributed by atoms with Gasteiger partial charge < -0.3 is 10.5 Å². The fraction of sp³-hybridized carbons (Fsp3) is 0.538. The summed E-state index contributed by atoms with van der Waals surface area (Å²) in [5, 5.41) is 0.722. The summed E-state index contributed by atoms with van der Waals surface area (Å²) in [6, 6.07) is 5.73. The summed E-state index contributed by atoms with van der Waals surface area (Å²) in [6.45, 7) is 4.40. The fourth-order valence-corrected chi connectivity index (χ4v) is 2.40. The molecule has 16 heavy (non-hydrogen) atoms. The highest BCUT2D eigenvalue weighted by Crippen LogP contribution is 2.36. The lowest BCUT2D eigenvalue weighted by molar-refractivity contribution is 0.136. The van der Waals surface area contributed by atoms with Crippen molar-refractivity contribution in [2.75, 3.05) is 0 Å². The molecule has 0 saturated carbocycles. The zero-order valence-electron chi connectivity index (χ0n) is 9.74. The predicted octanol–water partition coefficient (Wildman–Crippen LogP) is 3.54. The molecule has 2 atom stereocenters. The molecule has 1 aromatic carbocycles. The Labute approximate surface area is 102 Å². The minimum absolute atomic E-state index is 0.0474. The van der Waals surface area contributed by atoms with Crippen LogP contribution in [0.25, 0.3) is 0 Å². The third kappa shape index (κ3) is 2.50. The number of nitrogens with two attached hydrogens (primary N) is 1. The van der Waals surface area contributed by atoms with Gasteiger partial charge in [-0.05, 0) is 30.5 Å². The summed E-state index contributed by atoms with van der Waals surface area (Å²) in [5.41, 5.74) is 7.18. The molecule has 2 N–H and O–H groups in total. The van der Waals surface area contributed by atoms with E-state index < -0.39 is 0 Å². The molecule has 88 valence electrons.